The number of aromatic hydroxyl groups is 1. The van der Waals surface area contributed by atoms with Gasteiger partial charge in [-0.15, -0.1) is 0 Å². The number of Topliss-reactive ketones (excluding diaryl/α,β-unsaturated/α-hetero) is 1. The summed E-state index contributed by atoms with van der Waals surface area (Å²) < 4.78 is 18.1. The highest BCUT2D eigenvalue weighted by atomic mass is 16.6. The lowest BCUT2D eigenvalue weighted by Gasteiger charge is -2.37. The summed E-state index contributed by atoms with van der Waals surface area (Å²) in [6, 6.07) is 1.58. The van der Waals surface area contributed by atoms with Gasteiger partial charge in [0.25, 0.3) is 0 Å². The molecule has 27 heavy (non-hydrogen) atoms. The monoisotopic (exact) mass is 374 g/mol. The highest BCUT2D eigenvalue weighted by Crippen LogP contribution is 2.64. The number of hydrogen-bond donors (Lipinski definition) is 1. The second kappa shape index (κ2) is 6.13. The lowest BCUT2D eigenvalue weighted by atomic mass is 9.67. The van der Waals surface area contributed by atoms with E-state index in [-0.39, 0.29) is 35.6 Å². The predicted molar refractivity (Wildman–Crippen MR) is 102 cm³/mol. The van der Waals surface area contributed by atoms with Crippen LogP contribution < -0.4 is 9.47 Å². The lowest BCUT2D eigenvalue weighted by molar-refractivity contribution is 0.0389. The molecule has 0 radical (unpaired) electrons. The number of benzene rings is 1. The third kappa shape index (κ3) is 2.50. The number of ketones is 1. The lowest BCUT2D eigenvalue weighted by Crippen LogP contribution is -2.47. The minimum Gasteiger partial charge on any atom is -0.507 e. The first kappa shape index (κ1) is 18.6. The number of carbonyl (C=O) groups is 1. The Morgan fingerprint density at radius 2 is 2.11 bits per heavy atom. The minimum absolute atomic E-state index is 0.0226. The van der Waals surface area contributed by atoms with Crippen LogP contribution in [0.3, 0.4) is 0 Å². The molecule has 1 aromatic carbocycles. The molecule has 1 N–H and O–H groups in total. The van der Waals surface area contributed by atoms with Crippen LogP contribution in [0.1, 0.15) is 69.3 Å². The molecule has 0 amide bonds. The molecule has 1 unspecified atom stereocenters. The Hall–Kier alpha value is -1.75. The van der Waals surface area contributed by atoms with Crippen LogP contribution in [0.5, 0.6) is 17.2 Å². The maximum absolute atomic E-state index is 13.0. The van der Waals surface area contributed by atoms with Crippen molar-refractivity contribution in [2.24, 2.45) is 17.8 Å². The number of methoxy groups -OCH3 is 1. The number of ether oxygens (including phenoxy) is 3. The SMILES string of the molecule is CCC(C)C(=O)c1c(O)cc(OC)c2c1O[C@@]1(C)[C@@H]2C[C@H](C(C)C)[C@H]2O[C@H]21. The van der Waals surface area contributed by atoms with Crippen molar-refractivity contribution in [2.45, 2.75) is 71.2 Å². The van der Waals surface area contributed by atoms with Gasteiger partial charge in [-0.3, -0.25) is 4.79 Å². The van der Waals surface area contributed by atoms with Gasteiger partial charge in [-0.25, -0.2) is 0 Å². The largest absolute Gasteiger partial charge is 0.507 e. The number of fused-ring (bicyclic) bond motifs is 5. The van der Waals surface area contributed by atoms with Gasteiger partial charge in [0.05, 0.1) is 13.2 Å². The Balaban J connectivity index is 1.87. The summed E-state index contributed by atoms with van der Waals surface area (Å²) in [5.74, 6) is 1.83. The molecule has 1 saturated heterocycles. The Morgan fingerprint density at radius 3 is 2.70 bits per heavy atom. The molecule has 3 aliphatic rings. The molecule has 1 aliphatic carbocycles. The molecule has 6 atom stereocenters. The first-order valence-corrected chi connectivity index (χ1v) is 10.1. The summed E-state index contributed by atoms with van der Waals surface area (Å²) in [5.41, 5.74) is 0.697. The van der Waals surface area contributed by atoms with Crippen LogP contribution in [0.25, 0.3) is 0 Å². The van der Waals surface area contributed by atoms with Crippen molar-refractivity contribution >= 4 is 5.78 Å². The van der Waals surface area contributed by atoms with E-state index < -0.39 is 5.60 Å². The topological polar surface area (TPSA) is 68.3 Å². The molecule has 5 nitrogen and oxygen atoms in total. The van der Waals surface area contributed by atoms with Crippen molar-refractivity contribution in [2.75, 3.05) is 7.11 Å². The molecule has 0 aromatic heterocycles. The number of carbonyl (C=O) groups excluding carboxylic acids is 1. The second-order valence-electron chi connectivity index (χ2n) is 8.89. The maximum Gasteiger partial charge on any atom is 0.173 e. The minimum atomic E-state index is -0.524. The van der Waals surface area contributed by atoms with Gasteiger partial charge in [0.1, 0.15) is 34.5 Å². The van der Waals surface area contributed by atoms with Gasteiger partial charge >= 0.3 is 0 Å². The van der Waals surface area contributed by atoms with E-state index in [1.807, 2.05) is 13.8 Å². The average molecular weight is 374 g/mol. The summed E-state index contributed by atoms with van der Waals surface area (Å²) in [4.78, 5) is 13.0. The van der Waals surface area contributed by atoms with E-state index in [2.05, 4.69) is 20.8 Å². The fourth-order valence-electron chi connectivity index (χ4n) is 5.07. The quantitative estimate of drug-likeness (QED) is 0.614. The van der Waals surface area contributed by atoms with Gasteiger partial charge in [0.15, 0.2) is 5.78 Å². The van der Waals surface area contributed by atoms with Crippen LogP contribution in [0.15, 0.2) is 6.07 Å². The Kier molecular flexibility index (Phi) is 4.22. The van der Waals surface area contributed by atoms with E-state index in [0.29, 0.717) is 35.3 Å². The third-order valence-corrected chi connectivity index (χ3v) is 7.03. The molecule has 5 heteroatoms. The van der Waals surface area contributed by atoms with Crippen molar-refractivity contribution in [3.63, 3.8) is 0 Å². The number of phenols is 1. The fourth-order valence-corrected chi connectivity index (χ4v) is 5.07. The zero-order valence-electron chi connectivity index (χ0n) is 17.0. The standard InChI is InChI=1S/C22H30O5/c1-7-11(4)18(24)17-14(23)9-15(25-6)16-13-8-12(10(2)3)19-21(26-19)22(13,5)27-20(16)17/h9-13,19,21,23H,7-8H2,1-6H3/t11?,12-,13-,19-,21-,22+/m1/s1. The molecule has 2 aliphatic heterocycles. The van der Waals surface area contributed by atoms with Gasteiger partial charge in [0, 0.05) is 23.5 Å². The highest BCUT2D eigenvalue weighted by molar-refractivity contribution is 6.03. The van der Waals surface area contributed by atoms with Crippen molar-refractivity contribution in [3.8, 4) is 17.2 Å². The van der Waals surface area contributed by atoms with E-state index in [4.69, 9.17) is 14.2 Å². The van der Waals surface area contributed by atoms with E-state index in [0.717, 1.165) is 12.0 Å². The fraction of sp³-hybridized carbons (Fsp3) is 0.682. The smallest absolute Gasteiger partial charge is 0.173 e. The maximum atomic E-state index is 13.0. The van der Waals surface area contributed by atoms with E-state index >= 15 is 0 Å². The molecule has 2 fully saturated rings. The van der Waals surface area contributed by atoms with Gasteiger partial charge in [0.2, 0.25) is 0 Å². The van der Waals surface area contributed by atoms with E-state index in [1.165, 1.54) is 0 Å². The van der Waals surface area contributed by atoms with Crippen LogP contribution in [0.2, 0.25) is 0 Å². The number of rotatable bonds is 5. The summed E-state index contributed by atoms with van der Waals surface area (Å²) in [6.07, 6.45) is 1.88. The van der Waals surface area contributed by atoms with E-state index in [9.17, 15) is 9.90 Å². The Bertz CT molecular complexity index is 785. The molecule has 148 valence electrons. The summed E-state index contributed by atoms with van der Waals surface area (Å²) in [5, 5.41) is 10.6. The van der Waals surface area contributed by atoms with Crippen molar-refractivity contribution in [1.82, 2.24) is 0 Å². The molecule has 2 heterocycles. The number of hydrogen-bond acceptors (Lipinski definition) is 5. The van der Waals surface area contributed by atoms with Crippen molar-refractivity contribution in [3.05, 3.63) is 17.2 Å². The zero-order valence-corrected chi connectivity index (χ0v) is 17.0. The predicted octanol–water partition coefficient (Wildman–Crippen LogP) is 4.31. The molecule has 0 bridgehead atoms. The van der Waals surface area contributed by atoms with Gasteiger partial charge in [-0.1, -0.05) is 27.7 Å². The first-order valence-electron chi connectivity index (χ1n) is 10.1. The molecule has 1 saturated carbocycles. The van der Waals surface area contributed by atoms with Crippen LogP contribution in [-0.4, -0.2) is 35.8 Å². The summed E-state index contributed by atoms with van der Waals surface area (Å²) >= 11 is 0. The van der Waals surface area contributed by atoms with Gasteiger partial charge in [-0.2, -0.15) is 0 Å². The van der Waals surface area contributed by atoms with Crippen LogP contribution in [0.4, 0.5) is 0 Å². The first-order chi connectivity index (χ1) is 12.7. The molecular formula is C22H30O5. The highest BCUT2D eigenvalue weighted by Gasteiger charge is 2.68. The Labute approximate surface area is 161 Å². The second-order valence-corrected chi connectivity index (χ2v) is 8.89. The van der Waals surface area contributed by atoms with Gasteiger partial charge < -0.3 is 19.3 Å². The van der Waals surface area contributed by atoms with E-state index in [1.54, 1.807) is 13.2 Å². The van der Waals surface area contributed by atoms with Gasteiger partial charge in [-0.05, 0) is 31.6 Å². The Morgan fingerprint density at radius 1 is 1.41 bits per heavy atom. The zero-order chi connectivity index (χ0) is 19.7. The van der Waals surface area contributed by atoms with Crippen molar-refractivity contribution in [1.29, 1.82) is 0 Å². The number of phenolic OH excluding ortho intramolecular Hbond substituents is 1. The van der Waals surface area contributed by atoms with Crippen LogP contribution in [0, 0.1) is 17.8 Å². The third-order valence-electron chi connectivity index (χ3n) is 7.03. The van der Waals surface area contributed by atoms with Crippen LogP contribution in [-0.2, 0) is 4.74 Å². The molecule has 0 spiro atoms. The normalized spacial score (nSPS) is 34.3. The number of epoxide rings is 1. The van der Waals surface area contributed by atoms with Crippen LogP contribution >= 0.6 is 0 Å². The molecule has 4 rings (SSSR count). The summed E-state index contributed by atoms with van der Waals surface area (Å²) in [6.45, 7) is 10.4. The molecule has 1 aromatic rings. The molecular weight excluding hydrogens is 344 g/mol. The summed E-state index contributed by atoms with van der Waals surface area (Å²) in [7, 11) is 1.60. The van der Waals surface area contributed by atoms with Crippen molar-refractivity contribution < 1.29 is 24.1 Å². The average Bonchev–Trinajstić information content (AvgIpc) is 3.37.